The van der Waals surface area contributed by atoms with E-state index in [1.54, 1.807) is 18.2 Å². The molecule has 0 saturated heterocycles. The number of benzene rings is 2. The number of methoxy groups -OCH3 is 1. The van der Waals surface area contributed by atoms with Crippen molar-refractivity contribution in [2.45, 2.75) is 25.9 Å². The van der Waals surface area contributed by atoms with Gasteiger partial charge in [-0.15, -0.1) is 10.2 Å². The summed E-state index contributed by atoms with van der Waals surface area (Å²) in [7, 11) is 3.40. The van der Waals surface area contributed by atoms with Crippen molar-refractivity contribution in [1.29, 1.82) is 0 Å². The molecule has 10 heteroatoms. The molecule has 0 aliphatic carbocycles. The van der Waals surface area contributed by atoms with Gasteiger partial charge in [0.1, 0.15) is 5.75 Å². The Balaban J connectivity index is 1.66. The van der Waals surface area contributed by atoms with Crippen molar-refractivity contribution in [2.24, 2.45) is 7.05 Å². The van der Waals surface area contributed by atoms with Gasteiger partial charge in [-0.2, -0.15) is 0 Å². The number of nitrogens with zero attached hydrogens (tertiary/aromatic N) is 4. The second kappa shape index (κ2) is 11.6. The fourth-order valence-corrected chi connectivity index (χ4v) is 4.22. The molecule has 0 spiro atoms. The van der Waals surface area contributed by atoms with Crippen LogP contribution in [0.2, 0.25) is 0 Å². The van der Waals surface area contributed by atoms with Crippen LogP contribution in [0.1, 0.15) is 20.8 Å². The van der Waals surface area contributed by atoms with Gasteiger partial charge in [-0.1, -0.05) is 11.8 Å². The highest BCUT2D eigenvalue weighted by Gasteiger charge is 2.15. The number of carbonyl (C=O) groups excluding carboxylic acids is 2. The van der Waals surface area contributed by atoms with Gasteiger partial charge in [-0.25, -0.2) is 0 Å². The van der Waals surface area contributed by atoms with Crippen LogP contribution >= 0.6 is 11.8 Å². The number of rotatable bonds is 10. The van der Waals surface area contributed by atoms with Crippen molar-refractivity contribution in [3.63, 3.8) is 0 Å². The van der Waals surface area contributed by atoms with Crippen molar-refractivity contribution in [3.8, 4) is 17.1 Å². The summed E-state index contributed by atoms with van der Waals surface area (Å²) in [4.78, 5) is 26.2. The standard InChI is InChI=1S/C24H30N6O3S/c1-6-30(7-2)19-11-8-17(9-12-19)23-27-28-24(29(23)4)34-15-22(32)26-20-14-18(25-16(3)31)10-13-21(20)33-5/h8-14H,6-7,15H2,1-5H3,(H,25,31)(H,26,32). The largest absolute Gasteiger partial charge is 0.495 e. The number of carbonyl (C=O) groups is 2. The van der Waals surface area contributed by atoms with Crippen LogP contribution in [-0.4, -0.2) is 52.5 Å². The Labute approximate surface area is 203 Å². The van der Waals surface area contributed by atoms with E-state index in [0.29, 0.717) is 22.3 Å². The first-order valence-electron chi connectivity index (χ1n) is 11.0. The molecule has 0 atom stereocenters. The van der Waals surface area contributed by atoms with Crippen LogP contribution in [0.3, 0.4) is 0 Å². The first-order valence-corrected chi connectivity index (χ1v) is 12.0. The summed E-state index contributed by atoms with van der Waals surface area (Å²) in [5.74, 6) is 0.954. The second-order valence-corrected chi connectivity index (χ2v) is 8.46. The quantitative estimate of drug-likeness (QED) is 0.421. The molecular formula is C24H30N6O3S. The molecule has 0 unspecified atom stereocenters. The molecule has 9 nitrogen and oxygen atoms in total. The highest BCUT2D eigenvalue weighted by atomic mass is 32.2. The molecule has 180 valence electrons. The minimum absolute atomic E-state index is 0.139. The minimum Gasteiger partial charge on any atom is -0.495 e. The Morgan fingerprint density at radius 1 is 1.06 bits per heavy atom. The summed E-state index contributed by atoms with van der Waals surface area (Å²) in [5, 5.41) is 14.7. The van der Waals surface area contributed by atoms with Crippen LogP contribution in [0.5, 0.6) is 5.75 Å². The molecular weight excluding hydrogens is 452 g/mol. The van der Waals surface area contributed by atoms with Crippen LogP contribution in [0.15, 0.2) is 47.6 Å². The second-order valence-electron chi connectivity index (χ2n) is 7.52. The van der Waals surface area contributed by atoms with E-state index in [4.69, 9.17) is 4.74 Å². The summed E-state index contributed by atoms with van der Waals surface area (Å²) in [5.41, 5.74) is 3.18. The smallest absolute Gasteiger partial charge is 0.234 e. The number of anilines is 3. The first-order chi connectivity index (χ1) is 16.4. The minimum atomic E-state index is -0.226. The van der Waals surface area contributed by atoms with E-state index >= 15 is 0 Å². The average molecular weight is 483 g/mol. The zero-order chi connectivity index (χ0) is 24.7. The fourth-order valence-electron chi connectivity index (χ4n) is 3.51. The van der Waals surface area contributed by atoms with Crippen LogP contribution in [0.4, 0.5) is 17.1 Å². The highest BCUT2D eigenvalue weighted by molar-refractivity contribution is 7.99. The number of hydrogen-bond acceptors (Lipinski definition) is 7. The summed E-state index contributed by atoms with van der Waals surface area (Å²) in [6.45, 7) is 7.59. The van der Waals surface area contributed by atoms with Gasteiger partial charge in [0.2, 0.25) is 11.8 Å². The normalized spacial score (nSPS) is 10.6. The monoisotopic (exact) mass is 482 g/mol. The molecule has 2 aromatic carbocycles. The molecule has 2 amide bonds. The molecule has 1 aromatic heterocycles. The number of amides is 2. The number of nitrogens with one attached hydrogen (secondary N) is 2. The van der Waals surface area contributed by atoms with E-state index in [2.05, 4.69) is 51.7 Å². The Hall–Kier alpha value is -3.53. The third-order valence-electron chi connectivity index (χ3n) is 5.22. The van der Waals surface area contributed by atoms with Gasteiger partial charge in [-0.3, -0.25) is 9.59 Å². The van der Waals surface area contributed by atoms with E-state index in [9.17, 15) is 9.59 Å². The number of thioether (sulfide) groups is 1. The molecule has 0 aliphatic heterocycles. The predicted molar refractivity (Wildman–Crippen MR) is 137 cm³/mol. The number of hydrogen-bond donors (Lipinski definition) is 2. The Morgan fingerprint density at radius 2 is 1.76 bits per heavy atom. The Morgan fingerprint density at radius 3 is 2.38 bits per heavy atom. The molecule has 0 bridgehead atoms. The summed E-state index contributed by atoms with van der Waals surface area (Å²) in [6.07, 6.45) is 0. The van der Waals surface area contributed by atoms with Crippen LogP contribution < -0.4 is 20.3 Å². The molecule has 0 fully saturated rings. The lowest BCUT2D eigenvalue weighted by Gasteiger charge is -2.21. The van der Waals surface area contributed by atoms with Gasteiger partial charge in [-0.05, 0) is 56.3 Å². The highest BCUT2D eigenvalue weighted by Crippen LogP contribution is 2.29. The lowest BCUT2D eigenvalue weighted by atomic mass is 10.2. The van der Waals surface area contributed by atoms with Gasteiger partial charge >= 0.3 is 0 Å². The molecule has 34 heavy (non-hydrogen) atoms. The third-order valence-corrected chi connectivity index (χ3v) is 6.24. The number of aromatic nitrogens is 3. The summed E-state index contributed by atoms with van der Waals surface area (Å²) >= 11 is 1.29. The lowest BCUT2D eigenvalue weighted by Crippen LogP contribution is -2.21. The molecule has 0 saturated carbocycles. The van der Waals surface area contributed by atoms with Gasteiger partial charge in [0.05, 0.1) is 18.6 Å². The average Bonchev–Trinajstić information content (AvgIpc) is 3.19. The van der Waals surface area contributed by atoms with Crippen molar-refractivity contribution in [2.75, 3.05) is 41.5 Å². The van der Waals surface area contributed by atoms with E-state index in [1.165, 1.54) is 31.5 Å². The van der Waals surface area contributed by atoms with E-state index in [0.717, 1.165) is 24.5 Å². The molecule has 3 rings (SSSR count). The van der Waals surface area contributed by atoms with Gasteiger partial charge in [0.15, 0.2) is 11.0 Å². The fraction of sp³-hybridized carbons (Fsp3) is 0.333. The summed E-state index contributed by atoms with van der Waals surface area (Å²) in [6, 6.07) is 13.3. The molecule has 0 radical (unpaired) electrons. The molecule has 1 heterocycles. The lowest BCUT2D eigenvalue weighted by molar-refractivity contribution is -0.114. The maximum absolute atomic E-state index is 12.6. The Bertz CT molecular complexity index is 1140. The molecule has 3 aromatic rings. The van der Waals surface area contributed by atoms with Crippen molar-refractivity contribution < 1.29 is 14.3 Å². The molecule has 2 N–H and O–H groups in total. The van der Waals surface area contributed by atoms with E-state index in [-0.39, 0.29) is 17.6 Å². The van der Waals surface area contributed by atoms with Crippen LogP contribution in [0.25, 0.3) is 11.4 Å². The SMILES string of the molecule is CCN(CC)c1ccc(-c2nnc(SCC(=O)Nc3cc(NC(C)=O)ccc3OC)n2C)cc1. The van der Waals surface area contributed by atoms with Gasteiger partial charge in [0, 0.05) is 44.0 Å². The van der Waals surface area contributed by atoms with Gasteiger partial charge < -0.3 is 24.8 Å². The maximum Gasteiger partial charge on any atom is 0.234 e. The number of ether oxygens (including phenoxy) is 1. The topological polar surface area (TPSA) is 101 Å². The van der Waals surface area contributed by atoms with Crippen molar-refractivity contribution in [1.82, 2.24) is 14.8 Å². The molecule has 0 aliphatic rings. The maximum atomic E-state index is 12.6. The van der Waals surface area contributed by atoms with Crippen molar-refractivity contribution >= 4 is 40.6 Å². The van der Waals surface area contributed by atoms with E-state index in [1.807, 2.05) is 23.7 Å². The predicted octanol–water partition coefficient (Wildman–Crippen LogP) is 4.03. The third kappa shape index (κ3) is 6.07. The van der Waals surface area contributed by atoms with Crippen LogP contribution in [0, 0.1) is 0 Å². The van der Waals surface area contributed by atoms with Crippen LogP contribution in [-0.2, 0) is 16.6 Å². The summed E-state index contributed by atoms with van der Waals surface area (Å²) < 4.78 is 7.19. The van der Waals surface area contributed by atoms with E-state index < -0.39 is 0 Å². The first kappa shape index (κ1) is 25.1. The van der Waals surface area contributed by atoms with Crippen molar-refractivity contribution in [3.05, 3.63) is 42.5 Å². The Kier molecular flexibility index (Phi) is 8.53. The van der Waals surface area contributed by atoms with Gasteiger partial charge in [0.25, 0.3) is 0 Å². The zero-order valence-corrected chi connectivity index (χ0v) is 20.9. The zero-order valence-electron chi connectivity index (χ0n) is 20.1.